The van der Waals surface area contributed by atoms with Crippen LogP contribution in [0.1, 0.15) is 27.7 Å². The van der Waals surface area contributed by atoms with Gasteiger partial charge >= 0.3 is 76.5 Å². The van der Waals surface area contributed by atoms with Crippen LogP contribution in [-0.2, 0) is 4.74 Å². The number of ether oxygens (including phenoxy) is 1. The molecule has 0 spiro atoms. The second kappa shape index (κ2) is 3.27. The van der Waals surface area contributed by atoms with E-state index < -0.39 is 7.26 Å². The molecule has 1 aliphatic heterocycles. The minimum absolute atomic E-state index is 0.470. The monoisotopic (exact) mass is 190 g/mol. The maximum absolute atomic E-state index is 5.88. The summed E-state index contributed by atoms with van der Waals surface area (Å²) in [6.07, 6.45) is 0.940. The molecule has 1 aliphatic rings. The molecule has 0 aromatic heterocycles. The number of hydrogen-bond acceptors (Lipinski definition) is 1. The first kappa shape index (κ1) is 10.5. The van der Waals surface area contributed by atoms with Crippen molar-refractivity contribution in [1.29, 1.82) is 0 Å². The zero-order chi connectivity index (χ0) is 9.52. The van der Waals surface area contributed by atoms with Gasteiger partial charge in [0, 0.05) is 0 Å². The van der Waals surface area contributed by atoms with Crippen molar-refractivity contribution in [1.82, 2.24) is 0 Å². The minimum atomic E-state index is -1.05. The number of rotatable bonds is 0. The summed E-state index contributed by atoms with van der Waals surface area (Å²) in [5.74, 6) is 0. The molecular weight excluding hydrogens is 167 g/mol. The molecule has 1 fully saturated rings. The van der Waals surface area contributed by atoms with E-state index in [-0.39, 0.29) is 0 Å². The summed E-state index contributed by atoms with van der Waals surface area (Å²) < 4.78 is 5.88. The Bertz CT molecular complexity index is 151. The van der Waals surface area contributed by atoms with Crippen LogP contribution < -0.4 is 0 Å². The van der Waals surface area contributed by atoms with Crippen molar-refractivity contribution >= 4 is 7.26 Å². The van der Waals surface area contributed by atoms with Crippen molar-refractivity contribution in [2.24, 2.45) is 0 Å². The van der Waals surface area contributed by atoms with Gasteiger partial charge in [-0.15, -0.1) is 0 Å². The molecular formula is C10H23OP. The third-order valence-corrected chi connectivity index (χ3v) is 9.82. The van der Waals surface area contributed by atoms with E-state index in [2.05, 4.69) is 41.0 Å². The Morgan fingerprint density at radius 1 is 0.833 bits per heavy atom. The zero-order valence-electron chi connectivity index (χ0n) is 9.22. The van der Waals surface area contributed by atoms with Crippen molar-refractivity contribution in [2.75, 3.05) is 13.3 Å². The van der Waals surface area contributed by atoms with Crippen molar-refractivity contribution in [3.63, 3.8) is 0 Å². The van der Waals surface area contributed by atoms with E-state index in [4.69, 9.17) is 4.74 Å². The van der Waals surface area contributed by atoms with Crippen LogP contribution in [0.15, 0.2) is 0 Å². The van der Waals surface area contributed by atoms with E-state index in [9.17, 15) is 0 Å². The molecule has 0 aromatic rings. The Morgan fingerprint density at radius 3 is 1.50 bits per heavy atom. The quantitative estimate of drug-likeness (QED) is 0.533. The molecule has 4 unspecified atom stereocenters. The van der Waals surface area contributed by atoms with Crippen LogP contribution in [0.4, 0.5) is 0 Å². The third kappa shape index (κ3) is 1.54. The van der Waals surface area contributed by atoms with E-state index in [1.807, 2.05) is 0 Å². The molecule has 0 amide bonds. The van der Waals surface area contributed by atoms with Crippen molar-refractivity contribution in [3.8, 4) is 0 Å². The summed E-state index contributed by atoms with van der Waals surface area (Å²) in [7, 11) is -1.05. The van der Waals surface area contributed by atoms with E-state index in [0.29, 0.717) is 12.2 Å². The molecule has 0 radical (unpaired) electrons. The predicted octanol–water partition coefficient (Wildman–Crippen LogP) is 2.58. The second-order valence-corrected chi connectivity index (χ2v) is 10.4. The van der Waals surface area contributed by atoms with Gasteiger partial charge in [0.15, 0.2) is 0 Å². The zero-order valence-corrected chi connectivity index (χ0v) is 10.2. The fourth-order valence-corrected chi connectivity index (χ4v) is 5.60. The first-order valence-corrected chi connectivity index (χ1v) is 8.18. The van der Waals surface area contributed by atoms with Crippen LogP contribution in [-0.4, -0.2) is 36.9 Å². The summed E-state index contributed by atoms with van der Waals surface area (Å²) in [6.45, 7) is 14.2. The van der Waals surface area contributed by atoms with E-state index in [1.54, 1.807) is 0 Å². The first-order chi connectivity index (χ1) is 5.37. The van der Waals surface area contributed by atoms with Crippen LogP contribution in [0.5, 0.6) is 0 Å². The normalized spacial score (nSPS) is 50.2. The molecule has 1 rings (SSSR count). The summed E-state index contributed by atoms with van der Waals surface area (Å²) >= 11 is 0. The van der Waals surface area contributed by atoms with Crippen LogP contribution in [0.2, 0.25) is 0 Å². The van der Waals surface area contributed by atoms with E-state index in [1.165, 1.54) is 0 Å². The summed E-state index contributed by atoms with van der Waals surface area (Å²) in [5.41, 5.74) is 1.59. The Balaban J connectivity index is 2.82. The summed E-state index contributed by atoms with van der Waals surface area (Å²) in [6, 6.07) is 0. The van der Waals surface area contributed by atoms with Crippen molar-refractivity contribution in [3.05, 3.63) is 0 Å². The number of hydrogen-bond donors (Lipinski definition) is 0. The molecule has 1 heterocycles. The molecule has 12 heavy (non-hydrogen) atoms. The van der Waals surface area contributed by atoms with Crippen molar-refractivity contribution < 1.29 is 4.74 Å². The average Bonchev–Trinajstić information content (AvgIpc) is 1.99. The van der Waals surface area contributed by atoms with Gasteiger partial charge in [-0.1, -0.05) is 0 Å². The fraction of sp³-hybridized carbons (Fsp3) is 1.00. The Morgan fingerprint density at radius 2 is 1.17 bits per heavy atom. The van der Waals surface area contributed by atoms with Gasteiger partial charge in [-0.2, -0.15) is 0 Å². The van der Waals surface area contributed by atoms with Crippen LogP contribution >= 0.6 is 7.26 Å². The average molecular weight is 190 g/mol. The molecule has 0 N–H and O–H groups in total. The molecule has 0 bridgehead atoms. The SMILES string of the molecule is CC1OC(C)C(C)[PH](C)(C)C1C. The van der Waals surface area contributed by atoms with E-state index >= 15 is 0 Å². The van der Waals surface area contributed by atoms with Gasteiger partial charge in [0.1, 0.15) is 0 Å². The van der Waals surface area contributed by atoms with Gasteiger partial charge in [0.05, 0.1) is 0 Å². The van der Waals surface area contributed by atoms with Crippen LogP contribution in [0.25, 0.3) is 0 Å². The topological polar surface area (TPSA) is 9.23 Å². The van der Waals surface area contributed by atoms with Gasteiger partial charge in [0.25, 0.3) is 0 Å². The molecule has 0 aliphatic carbocycles. The van der Waals surface area contributed by atoms with Crippen LogP contribution in [0, 0.1) is 0 Å². The molecule has 0 aromatic carbocycles. The Hall–Kier alpha value is 0.390. The summed E-state index contributed by atoms with van der Waals surface area (Å²) in [5, 5.41) is 0. The summed E-state index contributed by atoms with van der Waals surface area (Å²) in [4.78, 5) is 0. The van der Waals surface area contributed by atoms with Crippen LogP contribution in [0.3, 0.4) is 0 Å². The maximum atomic E-state index is 5.88. The van der Waals surface area contributed by atoms with Gasteiger partial charge in [-0.25, -0.2) is 0 Å². The van der Waals surface area contributed by atoms with Crippen molar-refractivity contribution in [2.45, 2.75) is 51.2 Å². The standard InChI is InChI=1S/C10H23OP/c1-7-9(3)12(5,6)10(4)8(2)11-7/h7-10,12H,1-6H3. The van der Waals surface area contributed by atoms with E-state index in [0.717, 1.165) is 11.3 Å². The molecule has 2 heteroatoms. The molecule has 4 atom stereocenters. The Kier molecular flexibility index (Phi) is 2.85. The van der Waals surface area contributed by atoms with Gasteiger partial charge in [-0.05, 0) is 0 Å². The second-order valence-electron chi connectivity index (χ2n) is 4.95. The molecule has 1 nitrogen and oxygen atoms in total. The fourth-order valence-electron chi connectivity index (χ4n) is 2.20. The van der Waals surface area contributed by atoms with Gasteiger partial charge in [-0.3, -0.25) is 0 Å². The predicted molar refractivity (Wildman–Crippen MR) is 59.1 cm³/mol. The third-order valence-electron chi connectivity index (χ3n) is 4.18. The molecule has 1 saturated heterocycles. The van der Waals surface area contributed by atoms with Gasteiger partial charge in [0.2, 0.25) is 0 Å². The Labute approximate surface area is 77.2 Å². The molecule has 0 saturated carbocycles. The van der Waals surface area contributed by atoms with Gasteiger partial charge < -0.3 is 0 Å². The molecule has 74 valence electrons. The first-order valence-electron chi connectivity index (χ1n) is 5.02.